The molecule has 2 aliphatic rings. The number of carbonyl (C=O) groups excluding carboxylic acids is 2. The highest BCUT2D eigenvalue weighted by Gasteiger charge is 2.36. The molecule has 1 heterocycles. The SMILES string of the molecule is Cc1cccc(C2c3cc(OCC(=O)NC(C)C)ccc3CCN2C(=O)C2CCCC2)c1. The van der Waals surface area contributed by atoms with Crippen LogP contribution in [0.3, 0.4) is 0 Å². The Kier molecular flexibility index (Phi) is 6.83. The van der Waals surface area contributed by atoms with Gasteiger partial charge in [0.1, 0.15) is 5.75 Å². The van der Waals surface area contributed by atoms with Crippen molar-refractivity contribution in [2.45, 2.75) is 65.0 Å². The van der Waals surface area contributed by atoms with Crippen molar-refractivity contribution in [1.29, 1.82) is 0 Å². The van der Waals surface area contributed by atoms with Crippen molar-refractivity contribution in [3.8, 4) is 5.75 Å². The fourth-order valence-corrected chi connectivity index (χ4v) is 5.04. The molecule has 1 atom stereocenters. The second-order valence-corrected chi connectivity index (χ2v) is 9.45. The highest BCUT2D eigenvalue weighted by molar-refractivity contribution is 5.80. The van der Waals surface area contributed by atoms with Gasteiger partial charge in [0.25, 0.3) is 5.91 Å². The van der Waals surface area contributed by atoms with Gasteiger partial charge in [0.15, 0.2) is 6.61 Å². The number of nitrogens with zero attached hydrogens (tertiary/aromatic N) is 1. The van der Waals surface area contributed by atoms with Crippen molar-refractivity contribution < 1.29 is 14.3 Å². The Bertz CT molecular complexity index is 979. The molecular formula is C27H34N2O3. The van der Waals surface area contributed by atoms with E-state index >= 15 is 0 Å². The number of benzene rings is 2. The molecule has 0 radical (unpaired) electrons. The zero-order chi connectivity index (χ0) is 22.7. The minimum atomic E-state index is -0.133. The highest BCUT2D eigenvalue weighted by Crippen LogP contribution is 2.39. The van der Waals surface area contributed by atoms with E-state index in [0.29, 0.717) is 5.75 Å². The van der Waals surface area contributed by atoms with Gasteiger partial charge in [0, 0.05) is 18.5 Å². The number of rotatable bonds is 6. The second-order valence-electron chi connectivity index (χ2n) is 9.45. The second kappa shape index (κ2) is 9.76. The molecule has 1 aliphatic heterocycles. The zero-order valence-electron chi connectivity index (χ0n) is 19.4. The van der Waals surface area contributed by atoms with Crippen molar-refractivity contribution in [3.05, 3.63) is 64.7 Å². The summed E-state index contributed by atoms with van der Waals surface area (Å²) in [5.41, 5.74) is 4.66. The molecule has 32 heavy (non-hydrogen) atoms. The minimum absolute atomic E-state index is 0.0171. The quantitative estimate of drug-likeness (QED) is 0.725. The molecule has 1 aliphatic carbocycles. The summed E-state index contributed by atoms with van der Waals surface area (Å²) in [5.74, 6) is 0.951. The monoisotopic (exact) mass is 434 g/mol. The number of ether oxygens (including phenoxy) is 1. The number of nitrogens with one attached hydrogen (secondary N) is 1. The van der Waals surface area contributed by atoms with Crippen molar-refractivity contribution in [1.82, 2.24) is 10.2 Å². The predicted octanol–water partition coefficient (Wildman–Crippen LogP) is 4.56. The topological polar surface area (TPSA) is 58.6 Å². The lowest BCUT2D eigenvalue weighted by atomic mass is 9.86. The van der Waals surface area contributed by atoms with E-state index in [9.17, 15) is 9.59 Å². The standard InChI is InChI=1S/C27H34N2O3/c1-18(2)28-25(30)17-32-23-12-11-20-13-14-29(27(31)21-8-4-5-9-21)26(24(20)16-23)22-10-6-7-19(3)15-22/h6-7,10-12,15-16,18,21,26H,4-5,8-9,13-14,17H2,1-3H3,(H,28,30). The predicted molar refractivity (Wildman–Crippen MR) is 126 cm³/mol. The summed E-state index contributed by atoms with van der Waals surface area (Å²) in [6, 6.07) is 14.4. The molecule has 4 rings (SSSR count). The summed E-state index contributed by atoms with van der Waals surface area (Å²) in [6.07, 6.45) is 5.12. The van der Waals surface area contributed by atoms with Gasteiger partial charge in [-0.15, -0.1) is 0 Å². The third kappa shape index (κ3) is 4.98. The van der Waals surface area contributed by atoms with Crippen LogP contribution in [0, 0.1) is 12.8 Å². The van der Waals surface area contributed by atoms with Gasteiger partial charge in [-0.1, -0.05) is 48.7 Å². The van der Waals surface area contributed by atoms with Gasteiger partial charge in [-0.25, -0.2) is 0 Å². The molecule has 5 heteroatoms. The number of hydrogen-bond donors (Lipinski definition) is 1. The Hall–Kier alpha value is -2.82. The maximum absolute atomic E-state index is 13.5. The number of hydrogen-bond acceptors (Lipinski definition) is 3. The van der Waals surface area contributed by atoms with E-state index in [-0.39, 0.29) is 36.4 Å². The van der Waals surface area contributed by atoms with E-state index in [4.69, 9.17) is 4.74 Å². The first-order chi connectivity index (χ1) is 15.4. The first kappa shape index (κ1) is 22.4. The summed E-state index contributed by atoms with van der Waals surface area (Å²) in [4.78, 5) is 27.6. The van der Waals surface area contributed by atoms with E-state index in [0.717, 1.165) is 49.8 Å². The van der Waals surface area contributed by atoms with Gasteiger partial charge >= 0.3 is 0 Å². The van der Waals surface area contributed by atoms with Crippen LogP contribution in [0.5, 0.6) is 5.75 Å². The first-order valence-corrected chi connectivity index (χ1v) is 11.8. The maximum Gasteiger partial charge on any atom is 0.258 e. The van der Waals surface area contributed by atoms with Crippen molar-refractivity contribution >= 4 is 11.8 Å². The van der Waals surface area contributed by atoms with Gasteiger partial charge in [-0.3, -0.25) is 9.59 Å². The summed E-state index contributed by atoms with van der Waals surface area (Å²) in [7, 11) is 0. The molecule has 170 valence electrons. The maximum atomic E-state index is 13.5. The van der Waals surface area contributed by atoms with Crippen LogP contribution in [0.4, 0.5) is 0 Å². The highest BCUT2D eigenvalue weighted by atomic mass is 16.5. The fourth-order valence-electron chi connectivity index (χ4n) is 5.04. The molecule has 1 N–H and O–H groups in total. The van der Waals surface area contributed by atoms with E-state index < -0.39 is 0 Å². The number of aryl methyl sites for hydroxylation is 1. The Morgan fingerprint density at radius 3 is 2.62 bits per heavy atom. The van der Waals surface area contributed by atoms with Crippen LogP contribution in [-0.4, -0.2) is 35.9 Å². The number of carbonyl (C=O) groups is 2. The van der Waals surface area contributed by atoms with E-state index in [1.165, 1.54) is 11.1 Å². The molecule has 0 saturated heterocycles. The summed E-state index contributed by atoms with van der Waals surface area (Å²) in [5, 5.41) is 2.85. The Morgan fingerprint density at radius 1 is 1.12 bits per heavy atom. The molecule has 2 aromatic carbocycles. The molecule has 1 unspecified atom stereocenters. The van der Waals surface area contributed by atoms with Gasteiger partial charge < -0.3 is 15.0 Å². The lowest BCUT2D eigenvalue weighted by Gasteiger charge is -2.39. The van der Waals surface area contributed by atoms with Crippen LogP contribution < -0.4 is 10.1 Å². The zero-order valence-corrected chi connectivity index (χ0v) is 19.4. The summed E-state index contributed by atoms with van der Waals surface area (Å²) in [6.45, 7) is 6.66. The van der Waals surface area contributed by atoms with E-state index in [1.807, 2.05) is 26.0 Å². The van der Waals surface area contributed by atoms with Gasteiger partial charge in [-0.2, -0.15) is 0 Å². The molecule has 0 spiro atoms. The third-order valence-electron chi connectivity index (χ3n) is 6.51. The molecule has 2 amide bonds. The van der Waals surface area contributed by atoms with Crippen LogP contribution in [0.25, 0.3) is 0 Å². The Balaban J connectivity index is 1.65. The van der Waals surface area contributed by atoms with E-state index in [1.54, 1.807) is 0 Å². The lowest BCUT2D eigenvalue weighted by Crippen LogP contribution is -2.43. The normalized spacial score (nSPS) is 18.5. The van der Waals surface area contributed by atoms with E-state index in [2.05, 4.69) is 47.5 Å². The van der Waals surface area contributed by atoms with Crippen LogP contribution in [0.1, 0.15) is 67.8 Å². The average Bonchev–Trinajstić information content (AvgIpc) is 3.31. The van der Waals surface area contributed by atoms with Crippen molar-refractivity contribution in [2.24, 2.45) is 5.92 Å². The van der Waals surface area contributed by atoms with Crippen molar-refractivity contribution in [3.63, 3.8) is 0 Å². The Labute approximate surface area is 191 Å². The van der Waals surface area contributed by atoms with Crippen molar-refractivity contribution in [2.75, 3.05) is 13.2 Å². The molecular weight excluding hydrogens is 400 g/mol. The fraction of sp³-hybridized carbons (Fsp3) is 0.481. The molecule has 0 aromatic heterocycles. The number of amides is 2. The average molecular weight is 435 g/mol. The van der Waals surface area contributed by atoms with Gasteiger partial charge in [0.05, 0.1) is 6.04 Å². The van der Waals surface area contributed by atoms with Crippen LogP contribution in [0.2, 0.25) is 0 Å². The molecule has 5 nitrogen and oxygen atoms in total. The minimum Gasteiger partial charge on any atom is -0.484 e. The molecule has 0 bridgehead atoms. The van der Waals surface area contributed by atoms with Crippen LogP contribution in [0.15, 0.2) is 42.5 Å². The number of fused-ring (bicyclic) bond motifs is 1. The smallest absolute Gasteiger partial charge is 0.258 e. The van der Waals surface area contributed by atoms with Gasteiger partial charge in [0.2, 0.25) is 5.91 Å². The van der Waals surface area contributed by atoms with Crippen LogP contribution >= 0.6 is 0 Å². The molecule has 1 saturated carbocycles. The third-order valence-corrected chi connectivity index (χ3v) is 6.51. The molecule has 2 aromatic rings. The van der Waals surface area contributed by atoms with Crippen LogP contribution in [-0.2, 0) is 16.0 Å². The first-order valence-electron chi connectivity index (χ1n) is 11.8. The Morgan fingerprint density at radius 2 is 1.91 bits per heavy atom. The largest absolute Gasteiger partial charge is 0.484 e. The summed E-state index contributed by atoms with van der Waals surface area (Å²) < 4.78 is 5.82. The van der Waals surface area contributed by atoms with Gasteiger partial charge in [-0.05, 0) is 68.9 Å². The molecule has 1 fully saturated rings. The summed E-state index contributed by atoms with van der Waals surface area (Å²) >= 11 is 0. The lowest BCUT2D eigenvalue weighted by molar-refractivity contribution is -0.137.